The molecule has 1 amide bonds. The van der Waals surface area contributed by atoms with Gasteiger partial charge in [-0.05, 0) is 38.4 Å². The van der Waals surface area contributed by atoms with Crippen LogP contribution in [0.2, 0.25) is 0 Å². The standard InChI is InChI=1S/C16H28N4OS/c1-13(3-2-4-15(17)22)5-6-16(21)20-10-9-19-12-14-7-8-18-11-14/h2-3,14,18-19H,1,4-12H2,(H2,17,22)(H,20,21)/b3-2-. The molecule has 0 aromatic carbocycles. The predicted molar refractivity (Wildman–Crippen MR) is 95.8 cm³/mol. The van der Waals surface area contributed by atoms with E-state index in [9.17, 15) is 4.79 Å². The van der Waals surface area contributed by atoms with E-state index in [0.717, 1.165) is 37.7 Å². The van der Waals surface area contributed by atoms with Gasteiger partial charge in [-0.1, -0.05) is 36.5 Å². The lowest BCUT2D eigenvalue weighted by Gasteiger charge is -2.10. The van der Waals surface area contributed by atoms with E-state index in [4.69, 9.17) is 18.0 Å². The average molecular weight is 324 g/mol. The lowest BCUT2D eigenvalue weighted by atomic mass is 10.1. The van der Waals surface area contributed by atoms with Crippen LogP contribution in [0.5, 0.6) is 0 Å². The van der Waals surface area contributed by atoms with Gasteiger partial charge in [0.1, 0.15) is 0 Å². The molecule has 6 heteroatoms. The molecule has 1 atom stereocenters. The summed E-state index contributed by atoms with van der Waals surface area (Å²) in [5.41, 5.74) is 6.31. The first-order valence-corrected chi connectivity index (χ1v) is 8.29. The van der Waals surface area contributed by atoms with E-state index in [2.05, 4.69) is 22.5 Å². The van der Waals surface area contributed by atoms with E-state index >= 15 is 0 Å². The van der Waals surface area contributed by atoms with Crippen LogP contribution in [0.3, 0.4) is 0 Å². The molecule has 1 rings (SSSR count). The van der Waals surface area contributed by atoms with Gasteiger partial charge in [-0.3, -0.25) is 4.79 Å². The second kappa shape index (κ2) is 11.3. The zero-order chi connectivity index (χ0) is 16.2. The van der Waals surface area contributed by atoms with Gasteiger partial charge in [0.15, 0.2) is 0 Å². The fourth-order valence-corrected chi connectivity index (χ4v) is 2.37. The van der Waals surface area contributed by atoms with Crippen LogP contribution in [0.25, 0.3) is 0 Å². The molecular weight excluding hydrogens is 296 g/mol. The normalized spacial score (nSPS) is 17.7. The highest BCUT2D eigenvalue weighted by molar-refractivity contribution is 7.80. The summed E-state index contributed by atoms with van der Waals surface area (Å²) in [4.78, 5) is 12.2. The molecule has 1 saturated heterocycles. The van der Waals surface area contributed by atoms with E-state index in [1.165, 1.54) is 6.42 Å². The molecule has 124 valence electrons. The van der Waals surface area contributed by atoms with Crippen LogP contribution >= 0.6 is 12.2 Å². The van der Waals surface area contributed by atoms with Gasteiger partial charge >= 0.3 is 0 Å². The Morgan fingerprint density at radius 3 is 2.91 bits per heavy atom. The summed E-state index contributed by atoms with van der Waals surface area (Å²) in [6, 6.07) is 0. The molecule has 1 fully saturated rings. The highest BCUT2D eigenvalue weighted by Gasteiger charge is 2.13. The van der Waals surface area contributed by atoms with Crippen molar-refractivity contribution in [3.63, 3.8) is 0 Å². The molecule has 0 spiro atoms. The third-order valence-corrected chi connectivity index (χ3v) is 3.73. The lowest BCUT2D eigenvalue weighted by molar-refractivity contribution is -0.121. The van der Waals surface area contributed by atoms with Gasteiger partial charge in [0.05, 0.1) is 4.99 Å². The van der Waals surface area contributed by atoms with E-state index in [1.54, 1.807) is 0 Å². The SMILES string of the molecule is C=C(/C=C\CC(N)=S)CCC(=O)NCCNCC1CCNC1. The second-order valence-electron chi connectivity index (χ2n) is 5.64. The predicted octanol–water partition coefficient (Wildman–Crippen LogP) is 0.871. The van der Waals surface area contributed by atoms with Crippen molar-refractivity contribution >= 4 is 23.1 Å². The van der Waals surface area contributed by atoms with Gasteiger partial charge in [0.25, 0.3) is 0 Å². The minimum Gasteiger partial charge on any atom is -0.393 e. The molecule has 0 aliphatic carbocycles. The van der Waals surface area contributed by atoms with Crippen molar-refractivity contribution < 1.29 is 4.79 Å². The number of thiocarbonyl (C=S) groups is 1. The van der Waals surface area contributed by atoms with Gasteiger partial charge in [0.2, 0.25) is 5.91 Å². The fraction of sp³-hybridized carbons (Fsp3) is 0.625. The number of rotatable bonds is 11. The Morgan fingerprint density at radius 2 is 2.23 bits per heavy atom. The molecule has 0 bridgehead atoms. The highest BCUT2D eigenvalue weighted by atomic mass is 32.1. The minimum atomic E-state index is 0.0632. The topological polar surface area (TPSA) is 79.2 Å². The Kier molecular flexibility index (Phi) is 9.70. The number of carbonyl (C=O) groups excluding carboxylic acids is 1. The van der Waals surface area contributed by atoms with Crippen LogP contribution in [0.4, 0.5) is 0 Å². The molecule has 22 heavy (non-hydrogen) atoms. The van der Waals surface area contributed by atoms with Crippen LogP contribution in [-0.2, 0) is 4.79 Å². The minimum absolute atomic E-state index is 0.0632. The zero-order valence-electron chi connectivity index (χ0n) is 13.2. The molecule has 5 nitrogen and oxygen atoms in total. The Morgan fingerprint density at radius 1 is 1.41 bits per heavy atom. The number of carbonyl (C=O) groups is 1. The summed E-state index contributed by atoms with van der Waals surface area (Å²) in [5, 5.41) is 9.64. The van der Waals surface area contributed by atoms with Crippen molar-refractivity contribution in [2.24, 2.45) is 11.7 Å². The van der Waals surface area contributed by atoms with Crippen LogP contribution in [-0.4, -0.2) is 43.6 Å². The monoisotopic (exact) mass is 324 g/mol. The molecule has 0 saturated carbocycles. The number of nitrogens with two attached hydrogens (primary N) is 1. The first kappa shape index (κ1) is 18.8. The molecule has 1 aliphatic heterocycles. The zero-order valence-corrected chi connectivity index (χ0v) is 14.0. The van der Waals surface area contributed by atoms with Crippen LogP contribution in [0, 0.1) is 5.92 Å². The fourth-order valence-electron chi connectivity index (χ4n) is 2.27. The maximum atomic E-state index is 11.7. The van der Waals surface area contributed by atoms with Gasteiger partial charge < -0.3 is 21.7 Å². The van der Waals surface area contributed by atoms with Crippen molar-refractivity contribution in [1.82, 2.24) is 16.0 Å². The summed E-state index contributed by atoms with van der Waals surface area (Å²) >= 11 is 4.78. The lowest BCUT2D eigenvalue weighted by Crippen LogP contribution is -2.34. The number of hydrogen-bond donors (Lipinski definition) is 4. The average Bonchev–Trinajstić information content (AvgIpc) is 2.97. The summed E-state index contributed by atoms with van der Waals surface area (Å²) in [7, 11) is 0. The number of nitrogens with one attached hydrogen (secondary N) is 3. The molecule has 1 heterocycles. The summed E-state index contributed by atoms with van der Waals surface area (Å²) in [6.45, 7) is 8.64. The Balaban J connectivity index is 1.97. The third kappa shape index (κ3) is 9.65. The number of hydrogen-bond acceptors (Lipinski definition) is 4. The molecule has 0 aromatic rings. The first-order chi connectivity index (χ1) is 10.6. The van der Waals surface area contributed by atoms with Crippen LogP contribution in [0.15, 0.2) is 24.3 Å². The van der Waals surface area contributed by atoms with Crippen molar-refractivity contribution in [3.05, 3.63) is 24.3 Å². The molecule has 0 aromatic heterocycles. The molecule has 1 aliphatic rings. The van der Waals surface area contributed by atoms with Gasteiger partial charge in [-0.2, -0.15) is 0 Å². The van der Waals surface area contributed by atoms with Crippen molar-refractivity contribution in [1.29, 1.82) is 0 Å². The first-order valence-electron chi connectivity index (χ1n) is 7.88. The largest absolute Gasteiger partial charge is 0.393 e. The number of amides is 1. The number of allylic oxidation sites excluding steroid dienone is 2. The Bertz CT molecular complexity index is 403. The maximum Gasteiger partial charge on any atom is 0.220 e. The Hall–Kier alpha value is -1.24. The smallest absolute Gasteiger partial charge is 0.220 e. The van der Waals surface area contributed by atoms with Gasteiger partial charge in [0, 0.05) is 25.9 Å². The third-order valence-electron chi connectivity index (χ3n) is 3.57. The van der Waals surface area contributed by atoms with Gasteiger partial charge in [-0.15, -0.1) is 0 Å². The Labute approximate surface area is 138 Å². The highest BCUT2D eigenvalue weighted by Crippen LogP contribution is 2.05. The summed E-state index contributed by atoms with van der Waals surface area (Å²) < 4.78 is 0. The van der Waals surface area contributed by atoms with Crippen LogP contribution < -0.4 is 21.7 Å². The van der Waals surface area contributed by atoms with E-state index in [-0.39, 0.29) is 5.91 Å². The van der Waals surface area contributed by atoms with Crippen LogP contribution in [0.1, 0.15) is 25.7 Å². The van der Waals surface area contributed by atoms with E-state index < -0.39 is 0 Å². The van der Waals surface area contributed by atoms with Crippen molar-refractivity contribution in [2.75, 3.05) is 32.7 Å². The summed E-state index contributed by atoms with van der Waals surface area (Å²) in [5.74, 6) is 0.792. The quantitative estimate of drug-likeness (QED) is 0.258. The maximum absolute atomic E-state index is 11.7. The summed E-state index contributed by atoms with van der Waals surface area (Å²) in [6.07, 6.45) is 6.68. The van der Waals surface area contributed by atoms with Crippen molar-refractivity contribution in [3.8, 4) is 0 Å². The molecular formula is C16H28N4OS. The molecule has 1 unspecified atom stereocenters. The second-order valence-corrected chi connectivity index (χ2v) is 6.17. The van der Waals surface area contributed by atoms with Gasteiger partial charge in [-0.25, -0.2) is 0 Å². The van der Waals surface area contributed by atoms with Crippen molar-refractivity contribution in [2.45, 2.75) is 25.7 Å². The van der Waals surface area contributed by atoms with E-state index in [0.29, 0.717) is 30.8 Å². The molecule has 5 N–H and O–H groups in total. The molecule has 0 radical (unpaired) electrons. The van der Waals surface area contributed by atoms with E-state index in [1.807, 2.05) is 12.2 Å².